The van der Waals surface area contributed by atoms with E-state index in [2.05, 4.69) is 24.3 Å². The van der Waals surface area contributed by atoms with Crippen LogP contribution >= 0.6 is 22.9 Å². The number of thiophene rings is 1. The molecule has 0 aliphatic carbocycles. The monoisotopic (exact) mass is 218 g/mol. The maximum absolute atomic E-state index is 5.94. The first kappa shape index (κ1) is 11.0. The van der Waals surface area contributed by atoms with Crippen LogP contribution in [0, 0.1) is 0 Å². The smallest absolute Gasteiger partial charge is 0.0558 e. The lowest BCUT2D eigenvalue weighted by Gasteiger charge is -2.09. The van der Waals surface area contributed by atoms with Gasteiger partial charge < -0.3 is 10.2 Å². The Labute approximate surface area is 88.5 Å². The molecule has 0 saturated heterocycles. The highest BCUT2D eigenvalue weighted by atomic mass is 35.5. The Morgan fingerprint density at radius 2 is 2.31 bits per heavy atom. The maximum Gasteiger partial charge on any atom is 0.0558 e. The first-order valence-electron chi connectivity index (χ1n) is 4.27. The molecule has 2 nitrogen and oxygen atoms in total. The minimum atomic E-state index is 0.877. The third-order valence-electron chi connectivity index (χ3n) is 1.71. The Bertz CT molecular complexity index is 248. The summed E-state index contributed by atoms with van der Waals surface area (Å²) in [4.78, 5) is 3.38. The van der Waals surface area contributed by atoms with Crippen LogP contribution in [-0.2, 0) is 6.54 Å². The van der Waals surface area contributed by atoms with Crippen molar-refractivity contribution in [2.75, 3.05) is 27.2 Å². The Hall–Kier alpha value is -0.0900. The molecule has 0 radical (unpaired) electrons. The van der Waals surface area contributed by atoms with Crippen molar-refractivity contribution in [2.45, 2.75) is 6.54 Å². The molecule has 1 rings (SSSR count). The maximum atomic E-state index is 5.94. The van der Waals surface area contributed by atoms with E-state index in [1.54, 1.807) is 11.3 Å². The van der Waals surface area contributed by atoms with E-state index in [4.69, 9.17) is 11.6 Å². The van der Waals surface area contributed by atoms with Gasteiger partial charge in [0.05, 0.1) is 5.02 Å². The minimum absolute atomic E-state index is 0.877. The second-order valence-corrected chi connectivity index (χ2v) is 4.58. The van der Waals surface area contributed by atoms with Gasteiger partial charge in [0.25, 0.3) is 0 Å². The molecule has 1 N–H and O–H groups in total. The van der Waals surface area contributed by atoms with Gasteiger partial charge in [-0.3, -0.25) is 0 Å². The molecule has 0 unspecified atom stereocenters. The zero-order chi connectivity index (χ0) is 9.68. The quantitative estimate of drug-likeness (QED) is 0.762. The fourth-order valence-electron chi connectivity index (χ4n) is 0.956. The van der Waals surface area contributed by atoms with Crippen LogP contribution in [0.4, 0.5) is 0 Å². The normalized spacial score (nSPS) is 11.1. The summed E-state index contributed by atoms with van der Waals surface area (Å²) in [5, 5.41) is 6.24. The van der Waals surface area contributed by atoms with E-state index in [9.17, 15) is 0 Å². The first-order chi connectivity index (χ1) is 6.20. The molecule has 1 heterocycles. The van der Waals surface area contributed by atoms with Crippen molar-refractivity contribution in [1.82, 2.24) is 10.2 Å². The van der Waals surface area contributed by atoms with Crippen LogP contribution in [0.15, 0.2) is 11.4 Å². The highest BCUT2D eigenvalue weighted by molar-refractivity contribution is 7.10. The van der Waals surface area contributed by atoms with Gasteiger partial charge in [0.15, 0.2) is 0 Å². The Kier molecular flexibility index (Phi) is 4.73. The summed E-state index contributed by atoms with van der Waals surface area (Å²) in [7, 11) is 4.14. The van der Waals surface area contributed by atoms with Crippen LogP contribution in [0.25, 0.3) is 0 Å². The highest BCUT2D eigenvalue weighted by Gasteiger charge is 1.99. The topological polar surface area (TPSA) is 15.3 Å². The van der Waals surface area contributed by atoms with Crippen molar-refractivity contribution < 1.29 is 0 Å². The number of likely N-dealkylation sites (N-methyl/N-ethyl adjacent to an activating group) is 1. The van der Waals surface area contributed by atoms with Gasteiger partial charge in [-0.25, -0.2) is 0 Å². The van der Waals surface area contributed by atoms with Gasteiger partial charge in [0, 0.05) is 24.5 Å². The van der Waals surface area contributed by atoms with Gasteiger partial charge in [0.1, 0.15) is 0 Å². The van der Waals surface area contributed by atoms with Gasteiger partial charge in [-0.1, -0.05) is 11.6 Å². The standard InChI is InChI=1S/C9H15ClN2S/c1-12(2)5-4-11-7-9-8(10)3-6-13-9/h3,6,11H,4-5,7H2,1-2H3. The van der Waals surface area contributed by atoms with Crippen molar-refractivity contribution in [2.24, 2.45) is 0 Å². The highest BCUT2D eigenvalue weighted by Crippen LogP contribution is 2.21. The molecule has 1 aromatic heterocycles. The van der Waals surface area contributed by atoms with Crippen molar-refractivity contribution >= 4 is 22.9 Å². The number of rotatable bonds is 5. The summed E-state index contributed by atoms with van der Waals surface area (Å²) >= 11 is 7.64. The lowest BCUT2D eigenvalue weighted by atomic mass is 10.4. The molecule has 0 fully saturated rings. The summed E-state index contributed by atoms with van der Waals surface area (Å²) < 4.78 is 0. The van der Waals surface area contributed by atoms with E-state index in [1.165, 1.54) is 4.88 Å². The second kappa shape index (κ2) is 5.60. The molecule has 0 bridgehead atoms. The van der Waals surface area contributed by atoms with Crippen molar-refractivity contribution in [1.29, 1.82) is 0 Å². The zero-order valence-electron chi connectivity index (χ0n) is 8.01. The van der Waals surface area contributed by atoms with E-state index < -0.39 is 0 Å². The van der Waals surface area contributed by atoms with Crippen LogP contribution in [0.1, 0.15) is 4.88 Å². The molecular weight excluding hydrogens is 204 g/mol. The van der Waals surface area contributed by atoms with Gasteiger partial charge in [-0.05, 0) is 25.5 Å². The van der Waals surface area contributed by atoms with E-state index in [1.807, 2.05) is 11.4 Å². The molecule has 1 aromatic rings. The Morgan fingerprint density at radius 1 is 1.54 bits per heavy atom. The van der Waals surface area contributed by atoms with Crippen LogP contribution in [0.3, 0.4) is 0 Å². The molecule has 0 spiro atoms. The molecule has 0 aliphatic heterocycles. The lowest BCUT2D eigenvalue weighted by Crippen LogP contribution is -2.25. The summed E-state index contributed by atoms with van der Waals surface area (Å²) in [5.41, 5.74) is 0. The summed E-state index contributed by atoms with van der Waals surface area (Å²) in [6.45, 7) is 2.94. The molecular formula is C9H15ClN2S. The van der Waals surface area contributed by atoms with E-state index in [0.717, 1.165) is 24.7 Å². The number of nitrogens with zero attached hydrogens (tertiary/aromatic N) is 1. The minimum Gasteiger partial charge on any atom is -0.311 e. The van der Waals surface area contributed by atoms with Crippen molar-refractivity contribution in [3.8, 4) is 0 Å². The first-order valence-corrected chi connectivity index (χ1v) is 5.53. The van der Waals surface area contributed by atoms with Crippen LogP contribution in [-0.4, -0.2) is 32.1 Å². The van der Waals surface area contributed by atoms with E-state index in [-0.39, 0.29) is 0 Å². The third kappa shape index (κ3) is 4.09. The van der Waals surface area contributed by atoms with Gasteiger partial charge in [-0.2, -0.15) is 0 Å². The molecule has 0 saturated carbocycles. The van der Waals surface area contributed by atoms with Crippen LogP contribution < -0.4 is 5.32 Å². The molecule has 0 aromatic carbocycles. The van der Waals surface area contributed by atoms with Crippen molar-refractivity contribution in [3.05, 3.63) is 21.3 Å². The third-order valence-corrected chi connectivity index (χ3v) is 3.10. The fraction of sp³-hybridized carbons (Fsp3) is 0.556. The zero-order valence-corrected chi connectivity index (χ0v) is 9.58. The number of halogens is 1. The SMILES string of the molecule is CN(C)CCNCc1sccc1Cl. The number of nitrogens with one attached hydrogen (secondary N) is 1. The fourth-order valence-corrected chi connectivity index (χ4v) is 2.03. The summed E-state index contributed by atoms with van der Waals surface area (Å²) in [6, 6.07) is 1.94. The van der Waals surface area contributed by atoms with Crippen LogP contribution in [0.2, 0.25) is 5.02 Å². The average Bonchev–Trinajstić information content (AvgIpc) is 2.45. The average molecular weight is 219 g/mol. The largest absolute Gasteiger partial charge is 0.311 e. The van der Waals surface area contributed by atoms with Gasteiger partial charge in [-0.15, -0.1) is 11.3 Å². The van der Waals surface area contributed by atoms with Crippen LogP contribution in [0.5, 0.6) is 0 Å². The van der Waals surface area contributed by atoms with Crippen molar-refractivity contribution in [3.63, 3.8) is 0 Å². The predicted octanol–water partition coefficient (Wildman–Crippen LogP) is 2.05. The van der Waals surface area contributed by atoms with Gasteiger partial charge >= 0.3 is 0 Å². The number of hydrogen-bond acceptors (Lipinski definition) is 3. The summed E-state index contributed by atoms with van der Waals surface area (Å²) in [5.74, 6) is 0. The molecule has 74 valence electrons. The van der Waals surface area contributed by atoms with E-state index in [0.29, 0.717) is 0 Å². The molecule has 13 heavy (non-hydrogen) atoms. The molecule has 0 aliphatic rings. The summed E-state index contributed by atoms with van der Waals surface area (Å²) in [6.07, 6.45) is 0. The molecule has 0 amide bonds. The Morgan fingerprint density at radius 3 is 2.85 bits per heavy atom. The lowest BCUT2D eigenvalue weighted by molar-refractivity contribution is 0.400. The predicted molar refractivity (Wildman–Crippen MR) is 59.6 cm³/mol. The second-order valence-electron chi connectivity index (χ2n) is 3.17. The molecule has 0 atom stereocenters. The molecule has 4 heteroatoms. The van der Waals surface area contributed by atoms with E-state index >= 15 is 0 Å². The Balaban J connectivity index is 2.17. The van der Waals surface area contributed by atoms with Gasteiger partial charge in [0.2, 0.25) is 0 Å². The number of hydrogen-bond donors (Lipinski definition) is 1.